The summed E-state index contributed by atoms with van der Waals surface area (Å²) in [6, 6.07) is 28.8. The fourth-order valence-electron chi connectivity index (χ4n) is 3.75. The summed E-state index contributed by atoms with van der Waals surface area (Å²) in [6.45, 7) is 0. The van der Waals surface area contributed by atoms with Crippen LogP contribution in [0.1, 0.15) is 29.5 Å². The molecule has 148 valence electrons. The number of hydrogen-bond donors (Lipinski definition) is 3. The molecule has 4 N–H and O–H groups in total. The molecule has 0 aliphatic heterocycles. The van der Waals surface area contributed by atoms with Gasteiger partial charge in [0.05, 0.1) is 12.0 Å². The highest BCUT2D eigenvalue weighted by molar-refractivity contribution is 5.76. The van der Waals surface area contributed by atoms with E-state index in [1.165, 1.54) is 0 Å². The number of carboxylic acid groups (broad SMARTS) is 1. The Hall–Kier alpha value is -3.44. The second-order valence-corrected chi connectivity index (χ2v) is 6.96. The molecular weight excluding hydrogens is 364 g/mol. The van der Waals surface area contributed by atoms with Gasteiger partial charge in [-0.05, 0) is 16.7 Å². The highest BCUT2D eigenvalue weighted by Crippen LogP contribution is 2.37. The standard InChI is InChI=1S/C24H24N2O3/c25-22(27)16-21(17-23(28)29)26-24(18-10-4-1-5-11-18,19-12-6-2-7-13-19)20-14-8-3-9-15-20/h1-15,21,26H,16-17H2,(H2,25,27)(H,28,29)/t21-/m0/s1. The Morgan fingerprint density at radius 2 is 1.14 bits per heavy atom. The van der Waals surface area contributed by atoms with Crippen molar-refractivity contribution in [3.05, 3.63) is 108 Å². The zero-order valence-electron chi connectivity index (χ0n) is 16.0. The van der Waals surface area contributed by atoms with E-state index in [0.29, 0.717) is 0 Å². The van der Waals surface area contributed by atoms with E-state index in [9.17, 15) is 14.7 Å². The van der Waals surface area contributed by atoms with Crippen LogP contribution in [0.25, 0.3) is 0 Å². The van der Waals surface area contributed by atoms with Crippen LogP contribution >= 0.6 is 0 Å². The molecule has 0 radical (unpaired) electrons. The molecule has 0 heterocycles. The summed E-state index contributed by atoms with van der Waals surface area (Å²) in [5, 5.41) is 12.9. The van der Waals surface area contributed by atoms with Gasteiger partial charge in [0.1, 0.15) is 0 Å². The Morgan fingerprint density at radius 1 is 0.759 bits per heavy atom. The first-order valence-electron chi connectivity index (χ1n) is 9.46. The van der Waals surface area contributed by atoms with E-state index in [0.717, 1.165) is 16.7 Å². The van der Waals surface area contributed by atoms with E-state index in [1.54, 1.807) is 0 Å². The van der Waals surface area contributed by atoms with E-state index < -0.39 is 23.5 Å². The summed E-state index contributed by atoms with van der Waals surface area (Å²) in [6.07, 6.45) is -0.308. The minimum absolute atomic E-state index is 0.0828. The van der Waals surface area contributed by atoms with Crippen LogP contribution in [0.5, 0.6) is 0 Å². The molecule has 0 spiro atoms. The maximum atomic E-state index is 11.7. The van der Waals surface area contributed by atoms with Gasteiger partial charge in [-0.25, -0.2) is 0 Å². The van der Waals surface area contributed by atoms with Crippen LogP contribution in [0.4, 0.5) is 0 Å². The third-order valence-corrected chi connectivity index (χ3v) is 4.91. The normalized spacial score (nSPS) is 12.3. The molecule has 0 unspecified atom stereocenters. The minimum atomic E-state index is -0.994. The van der Waals surface area contributed by atoms with E-state index >= 15 is 0 Å². The highest BCUT2D eigenvalue weighted by Gasteiger charge is 2.38. The van der Waals surface area contributed by atoms with Gasteiger partial charge in [-0.15, -0.1) is 0 Å². The van der Waals surface area contributed by atoms with Crippen molar-refractivity contribution >= 4 is 11.9 Å². The molecule has 0 fully saturated rings. The van der Waals surface area contributed by atoms with Crippen LogP contribution in [0.3, 0.4) is 0 Å². The summed E-state index contributed by atoms with van der Waals surface area (Å²) < 4.78 is 0. The van der Waals surface area contributed by atoms with Crippen molar-refractivity contribution < 1.29 is 14.7 Å². The molecular formula is C24H24N2O3. The van der Waals surface area contributed by atoms with Crippen LogP contribution in [-0.2, 0) is 15.1 Å². The monoisotopic (exact) mass is 388 g/mol. The van der Waals surface area contributed by atoms with Crippen molar-refractivity contribution in [2.75, 3.05) is 0 Å². The Bertz CT molecular complexity index is 831. The number of nitrogens with one attached hydrogen (secondary N) is 1. The lowest BCUT2D eigenvalue weighted by atomic mass is 9.76. The lowest BCUT2D eigenvalue weighted by Crippen LogP contribution is -2.51. The van der Waals surface area contributed by atoms with Crippen molar-refractivity contribution in [1.29, 1.82) is 0 Å². The summed E-state index contributed by atoms with van der Waals surface area (Å²) in [7, 11) is 0. The fourth-order valence-corrected chi connectivity index (χ4v) is 3.75. The molecule has 0 aliphatic carbocycles. The van der Waals surface area contributed by atoms with Gasteiger partial charge in [0.15, 0.2) is 0 Å². The number of hydrogen-bond acceptors (Lipinski definition) is 3. The molecule has 0 aromatic heterocycles. The third kappa shape index (κ3) is 4.70. The summed E-state index contributed by atoms with van der Waals surface area (Å²) in [5.74, 6) is -1.54. The average molecular weight is 388 g/mol. The summed E-state index contributed by atoms with van der Waals surface area (Å²) >= 11 is 0. The molecule has 5 heteroatoms. The molecule has 1 atom stereocenters. The summed E-state index contributed by atoms with van der Waals surface area (Å²) in [4.78, 5) is 23.2. The van der Waals surface area contributed by atoms with Crippen LogP contribution in [0.15, 0.2) is 91.0 Å². The van der Waals surface area contributed by atoms with Gasteiger partial charge in [0.2, 0.25) is 5.91 Å². The number of nitrogens with two attached hydrogens (primary N) is 1. The van der Waals surface area contributed by atoms with E-state index in [4.69, 9.17) is 5.73 Å². The van der Waals surface area contributed by atoms with Crippen LogP contribution in [0, 0.1) is 0 Å². The Balaban J connectivity index is 2.24. The largest absolute Gasteiger partial charge is 0.481 e. The maximum absolute atomic E-state index is 11.7. The molecule has 0 aliphatic rings. The molecule has 0 bridgehead atoms. The van der Waals surface area contributed by atoms with Crippen molar-refractivity contribution in [1.82, 2.24) is 5.32 Å². The van der Waals surface area contributed by atoms with Gasteiger partial charge < -0.3 is 10.8 Å². The predicted molar refractivity (Wildman–Crippen MR) is 112 cm³/mol. The van der Waals surface area contributed by atoms with Crippen molar-refractivity contribution in [2.45, 2.75) is 24.4 Å². The quantitative estimate of drug-likeness (QED) is 0.491. The second kappa shape index (κ2) is 9.17. The lowest BCUT2D eigenvalue weighted by Gasteiger charge is -2.40. The zero-order valence-corrected chi connectivity index (χ0v) is 16.0. The molecule has 1 amide bonds. The van der Waals surface area contributed by atoms with E-state index in [1.807, 2.05) is 91.0 Å². The number of amides is 1. The van der Waals surface area contributed by atoms with Gasteiger partial charge >= 0.3 is 5.97 Å². The van der Waals surface area contributed by atoms with Crippen molar-refractivity contribution in [2.24, 2.45) is 5.73 Å². The number of benzene rings is 3. The SMILES string of the molecule is NC(=O)C[C@@H](CC(=O)O)NC(c1ccccc1)(c1ccccc1)c1ccccc1. The number of carbonyl (C=O) groups is 2. The average Bonchev–Trinajstić information content (AvgIpc) is 2.73. The van der Waals surface area contributed by atoms with Crippen LogP contribution in [-0.4, -0.2) is 23.0 Å². The molecule has 0 saturated carbocycles. The Labute approximate surface area is 170 Å². The third-order valence-electron chi connectivity index (χ3n) is 4.91. The molecule has 29 heavy (non-hydrogen) atoms. The van der Waals surface area contributed by atoms with Gasteiger partial charge in [-0.1, -0.05) is 91.0 Å². The molecule has 3 aromatic rings. The number of aliphatic carboxylic acids is 1. The smallest absolute Gasteiger partial charge is 0.304 e. The molecule has 3 rings (SSSR count). The number of primary amides is 1. The van der Waals surface area contributed by atoms with Gasteiger partial charge in [-0.3, -0.25) is 14.9 Å². The first kappa shape index (κ1) is 20.3. The van der Waals surface area contributed by atoms with Crippen molar-refractivity contribution in [3.63, 3.8) is 0 Å². The fraction of sp³-hybridized carbons (Fsp3) is 0.167. The number of carbonyl (C=O) groups excluding carboxylic acids is 1. The topological polar surface area (TPSA) is 92.4 Å². The van der Waals surface area contributed by atoms with Crippen LogP contribution in [0.2, 0.25) is 0 Å². The maximum Gasteiger partial charge on any atom is 0.304 e. The Kier molecular flexibility index (Phi) is 6.42. The zero-order chi connectivity index (χ0) is 20.7. The first-order valence-corrected chi connectivity index (χ1v) is 9.46. The van der Waals surface area contributed by atoms with Gasteiger partial charge in [0, 0.05) is 12.5 Å². The van der Waals surface area contributed by atoms with Gasteiger partial charge in [0.25, 0.3) is 0 Å². The molecule has 3 aromatic carbocycles. The van der Waals surface area contributed by atoms with Gasteiger partial charge in [-0.2, -0.15) is 0 Å². The first-order chi connectivity index (χ1) is 14.0. The molecule has 0 saturated heterocycles. The van der Waals surface area contributed by atoms with Crippen LogP contribution < -0.4 is 11.1 Å². The predicted octanol–water partition coefficient (Wildman–Crippen LogP) is 3.29. The minimum Gasteiger partial charge on any atom is -0.481 e. The summed E-state index contributed by atoms with van der Waals surface area (Å²) in [5.41, 5.74) is 7.41. The number of carboxylic acids is 1. The van der Waals surface area contributed by atoms with Crippen molar-refractivity contribution in [3.8, 4) is 0 Å². The number of rotatable bonds is 9. The highest BCUT2D eigenvalue weighted by atomic mass is 16.4. The Morgan fingerprint density at radius 3 is 1.45 bits per heavy atom. The van der Waals surface area contributed by atoms with E-state index in [2.05, 4.69) is 5.32 Å². The van der Waals surface area contributed by atoms with E-state index in [-0.39, 0.29) is 12.8 Å². The second-order valence-electron chi connectivity index (χ2n) is 6.96. The molecule has 5 nitrogen and oxygen atoms in total. The lowest BCUT2D eigenvalue weighted by molar-refractivity contribution is -0.137.